The standard InChI is InChI=1S/C18H25N3O2.ClH/c1-2-3-14-4-6-16(7-5-14)21-13-15(12-17(21)22)18(23)20-10-8-19-9-11-20;/h4-7,15,19H,2-3,8-13H2,1H3;1H. The van der Waals surface area contributed by atoms with Gasteiger partial charge in [0.05, 0.1) is 5.92 Å². The van der Waals surface area contributed by atoms with Crippen LogP contribution in [0.15, 0.2) is 24.3 Å². The summed E-state index contributed by atoms with van der Waals surface area (Å²) >= 11 is 0. The molecular weight excluding hydrogens is 326 g/mol. The van der Waals surface area contributed by atoms with Crippen LogP contribution in [-0.4, -0.2) is 49.4 Å². The van der Waals surface area contributed by atoms with E-state index in [9.17, 15) is 9.59 Å². The van der Waals surface area contributed by atoms with Crippen molar-refractivity contribution >= 4 is 29.9 Å². The van der Waals surface area contributed by atoms with E-state index in [1.165, 1.54) is 5.56 Å². The lowest BCUT2D eigenvalue weighted by atomic mass is 10.1. The maximum absolute atomic E-state index is 12.6. The number of aryl methyl sites for hydroxylation is 1. The molecule has 2 fully saturated rings. The van der Waals surface area contributed by atoms with Crippen LogP contribution in [0.3, 0.4) is 0 Å². The van der Waals surface area contributed by atoms with E-state index in [4.69, 9.17) is 0 Å². The van der Waals surface area contributed by atoms with E-state index in [0.717, 1.165) is 44.7 Å². The van der Waals surface area contributed by atoms with Gasteiger partial charge in [-0.25, -0.2) is 0 Å². The predicted octanol–water partition coefficient (Wildman–Crippen LogP) is 1.85. The van der Waals surface area contributed by atoms with Gasteiger partial charge in [-0.3, -0.25) is 9.59 Å². The summed E-state index contributed by atoms with van der Waals surface area (Å²) in [7, 11) is 0. The van der Waals surface area contributed by atoms with Gasteiger partial charge < -0.3 is 15.1 Å². The monoisotopic (exact) mass is 351 g/mol. The lowest BCUT2D eigenvalue weighted by Gasteiger charge is -2.29. The number of carbonyl (C=O) groups is 2. The van der Waals surface area contributed by atoms with Gasteiger partial charge in [0.1, 0.15) is 0 Å². The fourth-order valence-corrected chi connectivity index (χ4v) is 3.40. The Balaban J connectivity index is 0.00000208. The Kier molecular flexibility index (Phi) is 6.63. The summed E-state index contributed by atoms with van der Waals surface area (Å²) in [5, 5.41) is 3.25. The minimum Gasteiger partial charge on any atom is -0.340 e. The van der Waals surface area contributed by atoms with Gasteiger partial charge in [0.2, 0.25) is 11.8 Å². The van der Waals surface area contributed by atoms with Crippen molar-refractivity contribution in [2.45, 2.75) is 26.2 Å². The molecule has 0 radical (unpaired) electrons. The van der Waals surface area contributed by atoms with Crippen LogP contribution in [0.1, 0.15) is 25.3 Å². The Hall–Kier alpha value is -1.59. The Morgan fingerprint density at radius 1 is 1.21 bits per heavy atom. The average molecular weight is 352 g/mol. The highest BCUT2D eigenvalue weighted by Gasteiger charge is 2.37. The molecule has 0 saturated carbocycles. The lowest BCUT2D eigenvalue weighted by molar-refractivity contribution is -0.136. The van der Waals surface area contributed by atoms with Crippen molar-refractivity contribution < 1.29 is 9.59 Å². The second-order valence-corrected chi connectivity index (χ2v) is 6.40. The smallest absolute Gasteiger partial charge is 0.228 e. The van der Waals surface area contributed by atoms with Gasteiger partial charge in [-0.2, -0.15) is 0 Å². The number of benzene rings is 1. The van der Waals surface area contributed by atoms with E-state index in [1.807, 2.05) is 17.0 Å². The highest BCUT2D eigenvalue weighted by molar-refractivity contribution is 6.00. The largest absolute Gasteiger partial charge is 0.340 e. The number of anilines is 1. The van der Waals surface area contributed by atoms with E-state index in [-0.39, 0.29) is 30.1 Å². The molecule has 3 rings (SSSR count). The quantitative estimate of drug-likeness (QED) is 0.900. The van der Waals surface area contributed by atoms with E-state index >= 15 is 0 Å². The van der Waals surface area contributed by atoms with Gasteiger partial charge >= 0.3 is 0 Å². The molecule has 2 heterocycles. The molecule has 0 aliphatic carbocycles. The maximum Gasteiger partial charge on any atom is 0.228 e. The van der Waals surface area contributed by atoms with Crippen molar-refractivity contribution in [3.63, 3.8) is 0 Å². The zero-order valence-corrected chi connectivity index (χ0v) is 15.0. The van der Waals surface area contributed by atoms with Crippen LogP contribution < -0.4 is 10.2 Å². The van der Waals surface area contributed by atoms with Crippen molar-refractivity contribution in [1.82, 2.24) is 10.2 Å². The van der Waals surface area contributed by atoms with Crippen LogP contribution in [-0.2, 0) is 16.0 Å². The Labute approximate surface area is 149 Å². The molecule has 0 aromatic heterocycles. The molecule has 1 atom stereocenters. The molecule has 0 bridgehead atoms. The van der Waals surface area contributed by atoms with Gasteiger partial charge in [-0.05, 0) is 24.1 Å². The number of amides is 2. The molecule has 2 aliphatic heterocycles. The first kappa shape index (κ1) is 18.7. The number of nitrogens with zero attached hydrogens (tertiary/aromatic N) is 2. The first-order chi connectivity index (χ1) is 11.2. The predicted molar refractivity (Wildman–Crippen MR) is 97.6 cm³/mol. The minimum absolute atomic E-state index is 0. The highest BCUT2D eigenvalue weighted by Crippen LogP contribution is 2.27. The van der Waals surface area contributed by atoms with E-state index in [1.54, 1.807) is 4.90 Å². The van der Waals surface area contributed by atoms with Crippen LogP contribution in [0.2, 0.25) is 0 Å². The second kappa shape index (κ2) is 8.49. The average Bonchev–Trinajstić information content (AvgIpc) is 2.98. The fraction of sp³-hybridized carbons (Fsp3) is 0.556. The molecule has 5 nitrogen and oxygen atoms in total. The Morgan fingerprint density at radius 2 is 1.88 bits per heavy atom. The van der Waals surface area contributed by atoms with Crippen molar-refractivity contribution in [2.24, 2.45) is 5.92 Å². The first-order valence-corrected chi connectivity index (χ1v) is 8.58. The zero-order chi connectivity index (χ0) is 16.2. The molecule has 2 aliphatic rings. The van der Waals surface area contributed by atoms with Gasteiger partial charge in [-0.1, -0.05) is 25.5 Å². The SMILES string of the molecule is CCCc1ccc(N2CC(C(=O)N3CCNCC3)CC2=O)cc1.Cl. The first-order valence-electron chi connectivity index (χ1n) is 8.58. The summed E-state index contributed by atoms with van der Waals surface area (Å²) in [6.45, 7) is 5.84. The van der Waals surface area contributed by atoms with Crippen LogP contribution in [0, 0.1) is 5.92 Å². The molecule has 132 valence electrons. The molecule has 1 aromatic carbocycles. The van der Waals surface area contributed by atoms with Crippen molar-refractivity contribution in [1.29, 1.82) is 0 Å². The van der Waals surface area contributed by atoms with Crippen LogP contribution in [0.5, 0.6) is 0 Å². The summed E-state index contributed by atoms with van der Waals surface area (Å²) in [5.74, 6) is -0.0115. The summed E-state index contributed by atoms with van der Waals surface area (Å²) in [6, 6.07) is 8.16. The second-order valence-electron chi connectivity index (χ2n) is 6.40. The van der Waals surface area contributed by atoms with Gasteiger partial charge in [0.15, 0.2) is 0 Å². The zero-order valence-electron chi connectivity index (χ0n) is 14.2. The molecule has 2 saturated heterocycles. The molecule has 6 heteroatoms. The number of halogens is 1. The van der Waals surface area contributed by atoms with Crippen LogP contribution >= 0.6 is 12.4 Å². The Bertz CT molecular complexity index is 570. The van der Waals surface area contributed by atoms with Crippen molar-refractivity contribution in [2.75, 3.05) is 37.6 Å². The van der Waals surface area contributed by atoms with E-state index in [0.29, 0.717) is 13.0 Å². The molecule has 1 N–H and O–H groups in total. The Morgan fingerprint density at radius 3 is 2.50 bits per heavy atom. The number of carbonyl (C=O) groups excluding carboxylic acids is 2. The highest BCUT2D eigenvalue weighted by atomic mass is 35.5. The third kappa shape index (κ3) is 4.08. The number of rotatable bonds is 4. The van der Waals surface area contributed by atoms with Crippen LogP contribution in [0.4, 0.5) is 5.69 Å². The number of hydrogen-bond acceptors (Lipinski definition) is 3. The van der Waals surface area contributed by atoms with Gasteiger partial charge in [-0.15, -0.1) is 12.4 Å². The fourth-order valence-electron chi connectivity index (χ4n) is 3.40. The van der Waals surface area contributed by atoms with Crippen LogP contribution in [0.25, 0.3) is 0 Å². The van der Waals surface area contributed by atoms with Crippen molar-refractivity contribution in [3.05, 3.63) is 29.8 Å². The normalized spacial score (nSPS) is 20.9. The summed E-state index contributed by atoms with van der Waals surface area (Å²) in [4.78, 5) is 28.6. The number of hydrogen-bond donors (Lipinski definition) is 1. The molecule has 24 heavy (non-hydrogen) atoms. The third-order valence-electron chi connectivity index (χ3n) is 4.69. The van der Waals surface area contributed by atoms with Gasteiger partial charge in [0, 0.05) is 44.8 Å². The molecular formula is C18H26ClN3O2. The molecule has 0 spiro atoms. The van der Waals surface area contributed by atoms with Gasteiger partial charge in [0.25, 0.3) is 0 Å². The van der Waals surface area contributed by atoms with E-state index in [2.05, 4.69) is 24.4 Å². The minimum atomic E-state index is -0.198. The third-order valence-corrected chi connectivity index (χ3v) is 4.69. The summed E-state index contributed by atoms with van der Waals surface area (Å²) in [5.41, 5.74) is 2.20. The van der Waals surface area contributed by atoms with E-state index < -0.39 is 0 Å². The molecule has 1 aromatic rings. The maximum atomic E-state index is 12.6. The number of nitrogens with one attached hydrogen (secondary N) is 1. The van der Waals surface area contributed by atoms with Crippen molar-refractivity contribution in [3.8, 4) is 0 Å². The molecule has 1 unspecified atom stereocenters. The summed E-state index contributed by atoms with van der Waals surface area (Å²) in [6.07, 6.45) is 2.50. The molecule has 2 amide bonds. The number of piperazine rings is 1. The topological polar surface area (TPSA) is 52.7 Å². The lowest BCUT2D eigenvalue weighted by Crippen LogP contribution is -2.48. The summed E-state index contributed by atoms with van der Waals surface area (Å²) < 4.78 is 0.